The Kier molecular flexibility index (Phi) is 9.98. The van der Waals surface area contributed by atoms with Gasteiger partial charge < -0.3 is 14.2 Å². The topological polar surface area (TPSA) is 117 Å². The second-order valence-corrected chi connectivity index (χ2v) is 8.44. The van der Waals surface area contributed by atoms with E-state index in [-0.39, 0.29) is 30.2 Å². The Morgan fingerprint density at radius 2 is 1.82 bits per heavy atom. The van der Waals surface area contributed by atoms with Gasteiger partial charge in [-0.1, -0.05) is 23.9 Å². The van der Waals surface area contributed by atoms with Crippen LogP contribution >= 0.6 is 24.0 Å². The lowest BCUT2D eigenvalue weighted by Crippen LogP contribution is -2.37. The van der Waals surface area contributed by atoms with Crippen molar-refractivity contribution in [2.24, 2.45) is 10.9 Å². The highest BCUT2D eigenvalue weighted by Crippen LogP contribution is 2.41. The minimum atomic E-state index is -0.945. The molecule has 1 aliphatic rings. The van der Waals surface area contributed by atoms with Crippen molar-refractivity contribution in [1.29, 1.82) is 0 Å². The van der Waals surface area contributed by atoms with E-state index in [4.69, 9.17) is 26.4 Å². The summed E-state index contributed by atoms with van der Waals surface area (Å²) in [7, 11) is 0. The molecule has 2 atom stereocenters. The summed E-state index contributed by atoms with van der Waals surface area (Å²) in [6.07, 6.45) is 0. The number of thioether (sulfide) groups is 1. The number of esters is 2. The van der Waals surface area contributed by atoms with Crippen LogP contribution in [0.25, 0.3) is 0 Å². The van der Waals surface area contributed by atoms with Crippen LogP contribution in [0.1, 0.15) is 39.2 Å². The SMILES string of the molecule is CCOC(=O)C1=C(CSC(=S)OCC)N=C(C)C(C(=O)OCC)C1c1cccc([N+](=O)[O-])c1. The third-order valence-electron chi connectivity index (χ3n) is 4.78. The number of thiocarbonyl (C=S) groups is 1. The van der Waals surface area contributed by atoms with Crippen molar-refractivity contribution in [3.63, 3.8) is 0 Å². The Balaban J connectivity index is 2.69. The van der Waals surface area contributed by atoms with Gasteiger partial charge >= 0.3 is 11.9 Å². The summed E-state index contributed by atoms with van der Waals surface area (Å²) in [6.45, 7) is 7.45. The lowest BCUT2D eigenvalue weighted by molar-refractivity contribution is -0.384. The summed E-state index contributed by atoms with van der Waals surface area (Å²) >= 11 is 6.37. The van der Waals surface area contributed by atoms with E-state index in [1.54, 1.807) is 33.8 Å². The number of carbonyl (C=O) groups excluding carboxylic acids is 2. The molecule has 0 aliphatic carbocycles. The Bertz CT molecular complexity index is 991. The molecule has 2 rings (SSSR count). The quantitative estimate of drug-likeness (QED) is 0.215. The predicted molar refractivity (Wildman–Crippen MR) is 129 cm³/mol. The molecule has 0 aromatic heterocycles. The summed E-state index contributed by atoms with van der Waals surface area (Å²) in [4.78, 5) is 41.4. The van der Waals surface area contributed by atoms with Crippen LogP contribution in [0.4, 0.5) is 5.69 Å². The molecule has 11 heteroatoms. The summed E-state index contributed by atoms with van der Waals surface area (Å²) in [5, 5.41) is 11.4. The molecule has 1 heterocycles. The molecule has 1 aromatic rings. The largest absolute Gasteiger partial charge is 0.479 e. The third-order valence-corrected chi connectivity index (χ3v) is 6.02. The number of benzene rings is 1. The van der Waals surface area contributed by atoms with Gasteiger partial charge in [-0.15, -0.1) is 0 Å². The van der Waals surface area contributed by atoms with E-state index < -0.39 is 28.7 Å². The molecule has 0 amide bonds. The Morgan fingerprint density at radius 1 is 1.15 bits per heavy atom. The number of hydrogen-bond donors (Lipinski definition) is 0. The number of hydrogen-bond acceptors (Lipinski definition) is 10. The Morgan fingerprint density at radius 3 is 2.42 bits per heavy atom. The molecule has 1 aliphatic heterocycles. The van der Waals surface area contributed by atoms with Crippen molar-refractivity contribution >= 4 is 51.7 Å². The molecule has 0 fully saturated rings. The maximum absolute atomic E-state index is 13.1. The number of aliphatic imine (C=N–C) groups is 1. The Hall–Kier alpha value is -2.79. The lowest BCUT2D eigenvalue weighted by atomic mass is 9.75. The number of rotatable bonds is 9. The second-order valence-electron chi connectivity index (χ2n) is 6.87. The monoisotopic (exact) mass is 494 g/mol. The molecule has 178 valence electrons. The number of ether oxygens (including phenoxy) is 3. The highest BCUT2D eigenvalue weighted by atomic mass is 32.2. The van der Waals surface area contributed by atoms with Gasteiger partial charge in [0.05, 0.1) is 36.0 Å². The zero-order valence-corrected chi connectivity index (χ0v) is 20.5. The van der Waals surface area contributed by atoms with Gasteiger partial charge in [0.1, 0.15) is 5.92 Å². The molecule has 1 aromatic carbocycles. The van der Waals surface area contributed by atoms with Gasteiger partial charge in [-0.2, -0.15) is 0 Å². The van der Waals surface area contributed by atoms with Crippen molar-refractivity contribution in [3.05, 3.63) is 51.2 Å². The van der Waals surface area contributed by atoms with Crippen molar-refractivity contribution in [1.82, 2.24) is 0 Å². The minimum Gasteiger partial charge on any atom is -0.479 e. The fourth-order valence-electron chi connectivity index (χ4n) is 3.51. The number of nitrogens with zero attached hydrogens (tertiary/aromatic N) is 2. The standard InChI is InChI=1S/C22H26N2O7S2/c1-5-29-20(25)17-13(4)23-16(12-33-22(32)31-7-3)19(21(26)30-6-2)18(17)14-9-8-10-15(11-14)24(27)28/h8-11,17-18H,5-7,12H2,1-4H3. The maximum Gasteiger partial charge on any atom is 0.336 e. The predicted octanol–water partition coefficient (Wildman–Crippen LogP) is 4.20. The average Bonchev–Trinajstić information content (AvgIpc) is 2.77. The van der Waals surface area contributed by atoms with Crippen molar-refractivity contribution in [3.8, 4) is 0 Å². The van der Waals surface area contributed by atoms with Crippen LogP contribution in [0, 0.1) is 16.0 Å². The van der Waals surface area contributed by atoms with E-state index in [1.807, 2.05) is 0 Å². The van der Waals surface area contributed by atoms with Crippen molar-refractivity contribution in [2.45, 2.75) is 33.6 Å². The fraction of sp³-hybridized carbons (Fsp3) is 0.455. The molecule has 0 N–H and O–H groups in total. The first kappa shape index (κ1) is 26.5. The lowest BCUT2D eigenvalue weighted by Gasteiger charge is -2.32. The average molecular weight is 495 g/mol. The Labute approximate surface area is 201 Å². The number of non-ortho nitro benzene ring substituents is 1. The van der Waals surface area contributed by atoms with Crippen LogP contribution in [0.5, 0.6) is 0 Å². The van der Waals surface area contributed by atoms with Gasteiger partial charge in [-0.25, -0.2) is 4.79 Å². The molecule has 2 unspecified atom stereocenters. The molecule has 0 spiro atoms. The second kappa shape index (κ2) is 12.4. The van der Waals surface area contributed by atoms with Crippen LogP contribution in [0.3, 0.4) is 0 Å². The van der Waals surface area contributed by atoms with Gasteiger partial charge in [0.25, 0.3) is 5.69 Å². The summed E-state index contributed by atoms with van der Waals surface area (Å²) in [6, 6.07) is 5.84. The van der Waals surface area contributed by atoms with E-state index >= 15 is 0 Å². The zero-order valence-electron chi connectivity index (χ0n) is 18.9. The third kappa shape index (κ3) is 6.61. The van der Waals surface area contributed by atoms with E-state index in [0.29, 0.717) is 28.0 Å². The molecule has 0 saturated heterocycles. The van der Waals surface area contributed by atoms with Crippen LogP contribution in [-0.4, -0.2) is 52.5 Å². The fourth-order valence-corrected chi connectivity index (χ4v) is 4.48. The van der Waals surface area contributed by atoms with E-state index in [2.05, 4.69) is 4.99 Å². The van der Waals surface area contributed by atoms with E-state index in [1.165, 1.54) is 30.0 Å². The van der Waals surface area contributed by atoms with Gasteiger partial charge in [-0.3, -0.25) is 19.9 Å². The minimum absolute atomic E-state index is 0.106. The summed E-state index contributed by atoms with van der Waals surface area (Å²) in [5.74, 6) is -2.85. The molecular formula is C22H26N2O7S2. The molecular weight excluding hydrogens is 468 g/mol. The summed E-state index contributed by atoms with van der Waals surface area (Å²) in [5.41, 5.74) is 1.19. The molecule has 9 nitrogen and oxygen atoms in total. The molecule has 0 saturated carbocycles. The highest BCUT2D eigenvalue weighted by Gasteiger charge is 2.43. The molecule has 33 heavy (non-hydrogen) atoms. The van der Waals surface area contributed by atoms with Gasteiger partial charge in [-0.05, 0) is 45.5 Å². The first-order chi connectivity index (χ1) is 15.7. The van der Waals surface area contributed by atoms with Crippen molar-refractivity contribution in [2.75, 3.05) is 25.6 Å². The first-order valence-corrected chi connectivity index (χ1v) is 11.8. The number of nitro benzene ring substituents is 1. The highest BCUT2D eigenvalue weighted by molar-refractivity contribution is 8.22. The number of carbonyl (C=O) groups is 2. The van der Waals surface area contributed by atoms with E-state index in [0.717, 1.165) is 0 Å². The first-order valence-electron chi connectivity index (χ1n) is 10.4. The van der Waals surface area contributed by atoms with Gasteiger partial charge in [0, 0.05) is 29.5 Å². The number of nitro groups is 1. The van der Waals surface area contributed by atoms with Crippen LogP contribution in [-0.2, 0) is 23.8 Å². The zero-order chi connectivity index (χ0) is 24.5. The normalized spacial score (nSPS) is 17.8. The van der Waals surface area contributed by atoms with Crippen LogP contribution in [0.2, 0.25) is 0 Å². The molecule has 0 radical (unpaired) electrons. The smallest absolute Gasteiger partial charge is 0.336 e. The van der Waals surface area contributed by atoms with Crippen molar-refractivity contribution < 1.29 is 28.7 Å². The molecule has 0 bridgehead atoms. The summed E-state index contributed by atoms with van der Waals surface area (Å²) < 4.78 is 16.2. The van der Waals surface area contributed by atoms with Gasteiger partial charge in [0.15, 0.2) is 0 Å². The van der Waals surface area contributed by atoms with Crippen LogP contribution < -0.4 is 0 Å². The van der Waals surface area contributed by atoms with Crippen LogP contribution in [0.15, 0.2) is 40.5 Å². The van der Waals surface area contributed by atoms with E-state index in [9.17, 15) is 19.7 Å². The van der Waals surface area contributed by atoms with Gasteiger partial charge in [0.2, 0.25) is 4.38 Å². The maximum atomic E-state index is 13.1.